The normalized spacial score (nSPS) is 31.6. The Morgan fingerprint density at radius 2 is 1.26 bits per heavy atom. The van der Waals surface area contributed by atoms with Crippen molar-refractivity contribution in [2.75, 3.05) is 40.4 Å². The van der Waals surface area contributed by atoms with Crippen LogP contribution in [0.25, 0.3) is 0 Å². The minimum absolute atomic E-state index is 0.0289. The Morgan fingerprint density at radius 1 is 0.754 bits per heavy atom. The SMILES string of the molecule is CN(C)CCNC(=O)c1ccc2c(c1)C(=O)OC21c2cc(Cl)c(OC3OC(CO)C(O)C(O)C3O)cc2Oc2cc(OC3OC(CO)C(O)C(O)C3O)c(Cl)cc21. The average molecular weight is 840 g/mol. The molecule has 0 bridgehead atoms. The number of halogens is 2. The van der Waals surface area contributed by atoms with E-state index in [1.165, 1.54) is 36.4 Å². The second kappa shape index (κ2) is 16.1. The third-order valence-electron chi connectivity index (χ3n) is 10.2. The Bertz CT molecular complexity index is 1940. The fraction of sp³-hybridized carbons (Fsp3) is 0.459. The molecule has 1 amide bonds. The molecule has 4 aliphatic heterocycles. The van der Waals surface area contributed by atoms with Crippen LogP contribution in [0.1, 0.15) is 37.4 Å². The largest absolute Gasteiger partial charge is 0.460 e. The minimum atomic E-state index is -1.84. The first-order valence-corrected chi connectivity index (χ1v) is 18.5. The standard InChI is InChI=1S/C37H40Cl2N2O16/c1-41(2)6-5-40-33(50)14-3-4-16-15(7-14)34(51)57-37(16)17-8-19(38)23(53-35-31(48)29(46)27(44)25(12-42)55-35)10-21(17)52-22-11-24(20(39)9-18(22)37)54-36-32(49)30(47)28(45)26(13-43)56-36/h3-4,7-11,25-32,35-36,42-49H,5-6,12-13H2,1-2H3,(H,40,50). The van der Waals surface area contributed by atoms with Crippen molar-refractivity contribution in [3.63, 3.8) is 0 Å². The highest BCUT2D eigenvalue weighted by molar-refractivity contribution is 6.32. The summed E-state index contributed by atoms with van der Waals surface area (Å²) in [5, 5.41) is 84.4. The van der Waals surface area contributed by atoms with Crippen LogP contribution in [0.5, 0.6) is 23.0 Å². The molecule has 9 N–H and O–H groups in total. The van der Waals surface area contributed by atoms with Crippen LogP contribution in [0, 0.1) is 0 Å². The number of hydrogen-bond acceptors (Lipinski definition) is 17. The molecule has 0 aromatic heterocycles. The fourth-order valence-electron chi connectivity index (χ4n) is 7.12. The van der Waals surface area contributed by atoms with E-state index in [2.05, 4.69) is 5.32 Å². The number of nitrogens with zero attached hydrogens (tertiary/aromatic N) is 1. The molecule has 10 unspecified atom stereocenters. The van der Waals surface area contributed by atoms with Gasteiger partial charge in [0.25, 0.3) is 5.91 Å². The number of amides is 1. The second-order valence-electron chi connectivity index (χ2n) is 14.2. The number of rotatable bonds is 10. The van der Waals surface area contributed by atoms with Crippen LogP contribution in [0.2, 0.25) is 10.0 Å². The topological polar surface area (TPSA) is 267 Å². The number of aliphatic hydroxyl groups is 8. The molecule has 308 valence electrons. The molecule has 1 spiro atoms. The van der Waals surface area contributed by atoms with Gasteiger partial charge in [-0.05, 0) is 38.4 Å². The molecule has 7 rings (SSSR count). The maximum absolute atomic E-state index is 13.8. The van der Waals surface area contributed by atoms with Crippen molar-refractivity contribution in [2.45, 2.75) is 67.0 Å². The number of aliphatic hydroxyl groups excluding tert-OH is 8. The van der Waals surface area contributed by atoms with Crippen LogP contribution >= 0.6 is 23.2 Å². The molecule has 57 heavy (non-hydrogen) atoms. The van der Waals surface area contributed by atoms with Crippen LogP contribution in [0.3, 0.4) is 0 Å². The van der Waals surface area contributed by atoms with Gasteiger partial charge in [0.15, 0.2) is 5.60 Å². The number of carbonyl (C=O) groups excluding carboxylic acids is 2. The fourth-order valence-corrected chi connectivity index (χ4v) is 7.53. The van der Waals surface area contributed by atoms with Gasteiger partial charge in [-0.2, -0.15) is 0 Å². The predicted octanol–water partition coefficient (Wildman–Crippen LogP) is -0.790. The smallest absolute Gasteiger partial charge is 0.340 e. The molecule has 18 nitrogen and oxygen atoms in total. The quantitative estimate of drug-likeness (QED) is 0.113. The second-order valence-corrected chi connectivity index (χ2v) is 15.0. The highest BCUT2D eigenvalue weighted by Gasteiger charge is 2.55. The summed E-state index contributed by atoms with van der Waals surface area (Å²) in [4.78, 5) is 28.8. The van der Waals surface area contributed by atoms with E-state index in [1.54, 1.807) is 6.07 Å². The minimum Gasteiger partial charge on any atom is -0.460 e. The number of benzene rings is 3. The number of carbonyl (C=O) groups is 2. The zero-order valence-corrected chi connectivity index (χ0v) is 31.7. The summed E-state index contributed by atoms with van der Waals surface area (Å²) >= 11 is 13.5. The van der Waals surface area contributed by atoms with Crippen LogP contribution in [-0.2, 0) is 19.8 Å². The van der Waals surface area contributed by atoms with Crippen LogP contribution in [0.4, 0.5) is 0 Å². The third-order valence-corrected chi connectivity index (χ3v) is 10.8. The highest BCUT2D eigenvalue weighted by atomic mass is 35.5. The first kappa shape index (κ1) is 41.3. The van der Waals surface area contributed by atoms with Gasteiger partial charge in [-0.3, -0.25) is 4.79 Å². The van der Waals surface area contributed by atoms with Gasteiger partial charge in [-0.1, -0.05) is 29.3 Å². The van der Waals surface area contributed by atoms with Crippen LogP contribution in [-0.4, -0.2) is 159 Å². The van der Waals surface area contributed by atoms with Crippen LogP contribution in [0.15, 0.2) is 42.5 Å². The van der Waals surface area contributed by atoms with Crippen molar-refractivity contribution in [1.29, 1.82) is 0 Å². The van der Waals surface area contributed by atoms with Gasteiger partial charge in [0.05, 0.1) is 28.8 Å². The van der Waals surface area contributed by atoms with Crippen molar-refractivity contribution in [3.05, 3.63) is 80.3 Å². The van der Waals surface area contributed by atoms with E-state index in [9.17, 15) is 50.4 Å². The summed E-state index contributed by atoms with van der Waals surface area (Å²) in [5.41, 5.74) is -1.04. The van der Waals surface area contributed by atoms with E-state index in [1.807, 2.05) is 19.0 Å². The Kier molecular flexibility index (Phi) is 11.6. The summed E-state index contributed by atoms with van der Waals surface area (Å²) in [6.07, 6.45) is -16.3. The van der Waals surface area contributed by atoms with E-state index in [4.69, 9.17) is 51.6 Å². The Labute approximate surface area is 334 Å². The van der Waals surface area contributed by atoms with Gasteiger partial charge in [0, 0.05) is 47.5 Å². The molecule has 10 atom stereocenters. The van der Waals surface area contributed by atoms with Crippen molar-refractivity contribution < 1.29 is 78.9 Å². The van der Waals surface area contributed by atoms with Crippen molar-refractivity contribution in [1.82, 2.24) is 10.2 Å². The molecule has 2 saturated heterocycles. The zero-order valence-electron chi connectivity index (χ0n) is 30.2. The average Bonchev–Trinajstić information content (AvgIpc) is 3.47. The highest BCUT2D eigenvalue weighted by Crippen LogP contribution is 2.59. The molecular formula is C37H40Cl2N2O16. The molecule has 4 heterocycles. The maximum atomic E-state index is 13.8. The van der Waals surface area contributed by atoms with Gasteiger partial charge >= 0.3 is 5.97 Å². The van der Waals surface area contributed by atoms with E-state index in [0.29, 0.717) is 13.1 Å². The number of esters is 1. The first-order chi connectivity index (χ1) is 27.1. The number of hydrogen-bond donors (Lipinski definition) is 9. The lowest BCUT2D eigenvalue weighted by Gasteiger charge is -2.40. The summed E-state index contributed by atoms with van der Waals surface area (Å²) in [6.45, 7) is -0.522. The molecular weight excluding hydrogens is 799 g/mol. The number of fused-ring (bicyclic) bond motifs is 6. The van der Waals surface area contributed by atoms with Gasteiger partial charge < -0.3 is 79.5 Å². The number of likely N-dealkylation sites (N-methyl/N-ethyl adjacent to an activating group) is 1. The lowest BCUT2D eigenvalue weighted by atomic mass is 9.77. The predicted molar refractivity (Wildman–Crippen MR) is 194 cm³/mol. The molecule has 3 aromatic rings. The Balaban J connectivity index is 1.32. The van der Waals surface area contributed by atoms with Gasteiger partial charge in [0.1, 0.15) is 71.8 Å². The molecule has 4 aliphatic rings. The molecule has 3 aromatic carbocycles. The van der Waals surface area contributed by atoms with E-state index >= 15 is 0 Å². The molecule has 0 aliphatic carbocycles. The Morgan fingerprint density at radius 3 is 1.74 bits per heavy atom. The number of ether oxygens (including phenoxy) is 6. The summed E-state index contributed by atoms with van der Waals surface area (Å²) in [6, 6.07) is 9.76. The van der Waals surface area contributed by atoms with Gasteiger partial charge in [0.2, 0.25) is 12.6 Å². The summed E-state index contributed by atoms with van der Waals surface area (Å²) in [7, 11) is 3.71. The lowest BCUT2D eigenvalue weighted by Crippen LogP contribution is -2.60. The molecule has 20 heteroatoms. The Hall–Kier alpha value is -3.86. The monoisotopic (exact) mass is 838 g/mol. The number of nitrogens with one attached hydrogen (secondary N) is 1. The van der Waals surface area contributed by atoms with Gasteiger partial charge in [-0.15, -0.1) is 0 Å². The van der Waals surface area contributed by atoms with Crippen molar-refractivity contribution in [3.8, 4) is 23.0 Å². The van der Waals surface area contributed by atoms with Crippen LogP contribution < -0.4 is 19.5 Å². The van der Waals surface area contributed by atoms with Crippen molar-refractivity contribution in [2.24, 2.45) is 0 Å². The zero-order chi connectivity index (χ0) is 41.1. The first-order valence-electron chi connectivity index (χ1n) is 17.7. The van der Waals surface area contributed by atoms with E-state index in [0.717, 1.165) is 0 Å². The lowest BCUT2D eigenvalue weighted by molar-refractivity contribution is -0.277. The summed E-state index contributed by atoms with van der Waals surface area (Å²) < 4.78 is 35.3. The third kappa shape index (κ3) is 7.28. The van der Waals surface area contributed by atoms with Crippen molar-refractivity contribution >= 4 is 35.1 Å². The van der Waals surface area contributed by atoms with Gasteiger partial charge in [-0.25, -0.2) is 4.79 Å². The maximum Gasteiger partial charge on any atom is 0.340 e. The summed E-state index contributed by atoms with van der Waals surface area (Å²) in [5.74, 6) is -1.64. The van der Waals surface area contributed by atoms with E-state index < -0.39 is 92.1 Å². The molecule has 2 fully saturated rings. The van der Waals surface area contributed by atoms with E-state index in [-0.39, 0.29) is 60.9 Å². The molecule has 0 saturated carbocycles. The molecule has 0 radical (unpaired) electrons.